The molecule has 0 spiro atoms. The van der Waals surface area contributed by atoms with Gasteiger partial charge in [-0.15, -0.1) is 0 Å². The van der Waals surface area contributed by atoms with Crippen LogP contribution in [0.2, 0.25) is 0 Å². The fourth-order valence-electron chi connectivity index (χ4n) is 2.19. The third-order valence-corrected chi connectivity index (χ3v) is 3.62. The summed E-state index contributed by atoms with van der Waals surface area (Å²) in [6.07, 6.45) is 0.721. The predicted molar refractivity (Wildman–Crippen MR) is 62.0 cm³/mol. The van der Waals surface area contributed by atoms with E-state index in [-0.39, 0.29) is 12.0 Å². The first kappa shape index (κ1) is 11.7. The number of nitrogens with zero attached hydrogens (tertiary/aromatic N) is 1. The fraction of sp³-hybridized carbons (Fsp3) is 0.545. The zero-order chi connectivity index (χ0) is 11.7. The zero-order valence-electron chi connectivity index (χ0n) is 9.02. The molecule has 1 saturated heterocycles. The molecule has 88 valence electrons. The van der Waals surface area contributed by atoms with Gasteiger partial charge in [0, 0.05) is 6.04 Å². The van der Waals surface area contributed by atoms with Gasteiger partial charge in [0.15, 0.2) is 4.67 Å². The lowest BCUT2D eigenvalue weighted by molar-refractivity contribution is -0.142. The highest BCUT2D eigenvalue weighted by molar-refractivity contribution is 9.10. The number of carbonyl (C=O) groups is 1. The van der Waals surface area contributed by atoms with E-state index < -0.39 is 5.97 Å². The first-order chi connectivity index (χ1) is 7.58. The number of furan rings is 1. The van der Waals surface area contributed by atoms with Crippen molar-refractivity contribution in [2.45, 2.75) is 25.9 Å². The van der Waals surface area contributed by atoms with Crippen molar-refractivity contribution in [3.63, 3.8) is 0 Å². The number of halogens is 1. The highest BCUT2D eigenvalue weighted by atomic mass is 79.9. The fourth-order valence-corrected chi connectivity index (χ4v) is 2.53. The number of hydrogen-bond donors (Lipinski definition) is 1. The second-order valence-corrected chi connectivity index (χ2v) is 4.93. The van der Waals surface area contributed by atoms with Crippen LogP contribution in [-0.2, 0) is 11.3 Å². The van der Waals surface area contributed by atoms with E-state index in [4.69, 9.17) is 9.52 Å². The molecule has 2 atom stereocenters. The number of carboxylic acid groups (broad SMARTS) is 1. The summed E-state index contributed by atoms with van der Waals surface area (Å²) in [6, 6.07) is 3.83. The van der Waals surface area contributed by atoms with Crippen molar-refractivity contribution < 1.29 is 14.3 Å². The van der Waals surface area contributed by atoms with E-state index in [1.165, 1.54) is 0 Å². The molecule has 0 aromatic carbocycles. The Hall–Kier alpha value is -0.810. The van der Waals surface area contributed by atoms with Gasteiger partial charge in [0.1, 0.15) is 5.76 Å². The van der Waals surface area contributed by atoms with Crippen LogP contribution in [-0.4, -0.2) is 28.6 Å². The summed E-state index contributed by atoms with van der Waals surface area (Å²) in [7, 11) is 0. The normalized spacial score (nSPS) is 26.1. The molecule has 0 bridgehead atoms. The molecule has 2 rings (SSSR count). The van der Waals surface area contributed by atoms with Gasteiger partial charge in [-0.25, -0.2) is 0 Å². The predicted octanol–water partition coefficient (Wildman–Crippen LogP) is 2.34. The minimum absolute atomic E-state index is 0.0707. The molecule has 1 fully saturated rings. The quantitative estimate of drug-likeness (QED) is 0.927. The Labute approximate surface area is 102 Å². The van der Waals surface area contributed by atoms with Crippen molar-refractivity contribution in [1.29, 1.82) is 0 Å². The van der Waals surface area contributed by atoms with Crippen LogP contribution >= 0.6 is 15.9 Å². The molecular weight excluding hydrogens is 274 g/mol. The standard InChI is InChI=1S/C11H14BrNO3/c1-7-9(11(14)15)4-5-13(7)6-8-2-3-10(12)16-8/h2-3,7,9H,4-6H2,1H3,(H,14,15). The van der Waals surface area contributed by atoms with E-state index in [9.17, 15) is 4.79 Å². The lowest BCUT2D eigenvalue weighted by Gasteiger charge is -2.21. The Balaban J connectivity index is 2.00. The average molecular weight is 288 g/mol. The van der Waals surface area contributed by atoms with E-state index in [1.54, 1.807) is 0 Å². The highest BCUT2D eigenvalue weighted by Gasteiger charge is 2.35. The molecule has 0 saturated carbocycles. The Morgan fingerprint density at radius 3 is 2.94 bits per heavy atom. The highest BCUT2D eigenvalue weighted by Crippen LogP contribution is 2.26. The third kappa shape index (κ3) is 2.30. The van der Waals surface area contributed by atoms with E-state index >= 15 is 0 Å². The van der Waals surface area contributed by atoms with Crippen LogP contribution in [0.4, 0.5) is 0 Å². The van der Waals surface area contributed by atoms with Crippen molar-refractivity contribution in [1.82, 2.24) is 4.90 Å². The van der Waals surface area contributed by atoms with Crippen LogP contribution in [0.5, 0.6) is 0 Å². The smallest absolute Gasteiger partial charge is 0.308 e. The molecule has 5 heteroatoms. The molecule has 1 aliphatic heterocycles. The van der Waals surface area contributed by atoms with Gasteiger partial charge < -0.3 is 9.52 Å². The number of likely N-dealkylation sites (tertiary alicyclic amines) is 1. The number of hydrogen-bond acceptors (Lipinski definition) is 3. The summed E-state index contributed by atoms with van der Waals surface area (Å²) in [4.78, 5) is 13.1. The van der Waals surface area contributed by atoms with Gasteiger partial charge in [0.2, 0.25) is 0 Å². The molecule has 0 amide bonds. The van der Waals surface area contributed by atoms with E-state index in [2.05, 4.69) is 20.8 Å². The lowest BCUT2D eigenvalue weighted by atomic mass is 10.0. The molecule has 1 aromatic heterocycles. The maximum absolute atomic E-state index is 11.0. The topological polar surface area (TPSA) is 53.7 Å². The van der Waals surface area contributed by atoms with Gasteiger partial charge in [-0.2, -0.15) is 0 Å². The molecule has 0 radical (unpaired) electrons. The van der Waals surface area contributed by atoms with Crippen LogP contribution in [0.3, 0.4) is 0 Å². The minimum atomic E-state index is -0.698. The Morgan fingerprint density at radius 2 is 2.44 bits per heavy atom. The van der Waals surface area contributed by atoms with Crippen LogP contribution in [0.15, 0.2) is 21.2 Å². The lowest BCUT2D eigenvalue weighted by Crippen LogP contribution is -2.32. The maximum Gasteiger partial charge on any atom is 0.308 e. The monoisotopic (exact) mass is 287 g/mol. The Bertz CT molecular complexity index is 390. The van der Waals surface area contributed by atoms with Gasteiger partial charge in [-0.3, -0.25) is 9.69 Å². The van der Waals surface area contributed by atoms with Crippen LogP contribution in [0.1, 0.15) is 19.1 Å². The van der Waals surface area contributed by atoms with Gasteiger partial charge in [0.05, 0.1) is 12.5 Å². The van der Waals surface area contributed by atoms with Gasteiger partial charge in [-0.1, -0.05) is 0 Å². The molecule has 1 N–H and O–H groups in total. The molecule has 1 aromatic rings. The second kappa shape index (κ2) is 4.59. The van der Waals surface area contributed by atoms with Crippen molar-refractivity contribution in [2.24, 2.45) is 5.92 Å². The summed E-state index contributed by atoms with van der Waals surface area (Å²) in [5.41, 5.74) is 0. The number of rotatable bonds is 3. The second-order valence-electron chi connectivity index (χ2n) is 4.15. The molecular formula is C11H14BrNO3. The molecule has 16 heavy (non-hydrogen) atoms. The average Bonchev–Trinajstić information content (AvgIpc) is 2.76. The molecule has 2 heterocycles. The molecule has 4 nitrogen and oxygen atoms in total. The van der Waals surface area contributed by atoms with E-state index in [0.717, 1.165) is 18.7 Å². The number of aliphatic carboxylic acids is 1. The molecule has 1 aliphatic rings. The summed E-state index contributed by atoms with van der Waals surface area (Å²) >= 11 is 3.25. The van der Waals surface area contributed by atoms with Crippen molar-refractivity contribution in [3.05, 3.63) is 22.6 Å². The van der Waals surface area contributed by atoms with Gasteiger partial charge in [0.25, 0.3) is 0 Å². The van der Waals surface area contributed by atoms with Crippen LogP contribution in [0, 0.1) is 5.92 Å². The largest absolute Gasteiger partial charge is 0.481 e. The van der Waals surface area contributed by atoms with Crippen molar-refractivity contribution >= 4 is 21.9 Å². The first-order valence-electron chi connectivity index (χ1n) is 5.29. The minimum Gasteiger partial charge on any atom is -0.481 e. The van der Waals surface area contributed by atoms with Crippen LogP contribution in [0.25, 0.3) is 0 Å². The molecule has 2 unspecified atom stereocenters. The van der Waals surface area contributed by atoms with E-state index in [1.807, 2.05) is 19.1 Å². The van der Waals surface area contributed by atoms with Gasteiger partial charge in [-0.05, 0) is 48.0 Å². The zero-order valence-corrected chi connectivity index (χ0v) is 10.6. The first-order valence-corrected chi connectivity index (χ1v) is 6.08. The van der Waals surface area contributed by atoms with Crippen molar-refractivity contribution in [2.75, 3.05) is 6.54 Å². The summed E-state index contributed by atoms with van der Waals surface area (Å²) < 4.78 is 6.13. The molecule has 0 aliphatic carbocycles. The number of carboxylic acids is 1. The SMILES string of the molecule is CC1C(C(=O)O)CCN1Cc1ccc(Br)o1. The summed E-state index contributed by atoms with van der Waals surface area (Å²) in [6.45, 7) is 3.46. The van der Waals surface area contributed by atoms with Gasteiger partial charge >= 0.3 is 5.97 Å². The Morgan fingerprint density at radius 1 is 1.69 bits per heavy atom. The van der Waals surface area contributed by atoms with Crippen molar-refractivity contribution in [3.8, 4) is 0 Å². The van der Waals surface area contributed by atoms with Crippen LogP contribution < -0.4 is 0 Å². The third-order valence-electron chi connectivity index (χ3n) is 3.19. The van der Waals surface area contributed by atoms with E-state index in [0.29, 0.717) is 11.2 Å². The summed E-state index contributed by atoms with van der Waals surface area (Å²) in [5, 5.41) is 9.01. The summed E-state index contributed by atoms with van der Waals surface area (Å²) in [5.74, 6) is -0.0845. The maximum atomic E-state index is 11.0. The Kier molecular flexibility index (Phi) is 3.35.